The van der Waals surface area contributed by atoms with E-state index in [1.165, 1.54) is 11.5 Å². The molecule has 84 valence electrons. The number of hydrogen-bond acceptors (Lipinski definition) is 4. The van der Waals surface area contributed by atoms with Gasteiger partial charge < -0.3 is 10.1 Å². The van der Waals surface area contributed by atoms with Crippen molar-refractivity contribution in [3.8, 4) is 0 Å². The molecule has 0 aromatic carbocycles. The monoisotopic (exact) mass is 226 g/mol. The van der Waals surface area contributed by atoms with Gasteiger partial charge >= 0.3 is 0 Å². The van der Waals surface area contributed by atoms with E-state index in [4.69, 9.17) is 4.74 Å². The largest absolute Gasteiger partial charge is 0.372 e. The van der Waals surface area contributed by atoms with Crippen LogP contribution in [0.2, 0.25) is 0 Å². The van der Waals surface area contributed by atoms with E-state index in [0.717, 1.165) is 31.7 Å². The summed E-state index contributed by atoms with van der Waals surface area (Å²) in [5, 5.41) is 5.56. The summed E-state index contributed by atoms with van der Waals surface area (Å²) in [5.74, 6) is 0. The lowest BCUT2D eigenvalue weighted by atomic mass is 9.85. The molecule has 1 N–H and O–H groups in total. The third-order valence-electron chi connectivity index (χ3n) is 3.32. The lowest BCUT2D eigenvalue weighted by molar-refractivity contribution is -0.104. The molecule has 1 unspecified atom stereocenters. The predicted octanol–water partition coefficient (Wildman–Crippen LogP) is 2.36. The lowest BCUT2D eigenvalue weighted by Crippen LogP contribution is -2.51. The van der Waals surface area contributed by atoms with Crippen LogP contribution in [-0.2, 0) is 4.74 Å². The lowest BCUT2D eigenvalue weighted by Gasteiger charge is -2.43. The zero-order chi connectivity index (χ0) is 10.7. The van der Waals surface area contributed by atoms with E-state index < -0.39 is 0 Å². The summed E-state index contributed by atoms with van der Waals surface area (Å²) in [7, 11) is 0. The maximum atomic E-state index is 6.00. The molecule has 0 radical (unpaired) electrons. The molecule has 15 heavy (non-hydrogen) atoms. The van der Waals surface area contributed by atoms with Crippen molar-refractivity contribution in [2.75, 3.05) is 13.2 Å². The summed E-state index contributed by atoms with van der Waals surface area (Å²) >= 11 is 1.51. The highest BCUT2D eigenvalue weighted by molar-refractivity contribution is 7.03. The van der Waals surface area contributed by atoms with Crippen molar-refractivity contribution in [3.63, 3.8) is 0 Å². The van der Waals surface area contributed by atoms with Crippen LogP contribution in [0.3, 0.4) is 0 Å². The van der Waals surface area contributed by atoms with Gasteiger partial charge in [0.15, 0.2) is 0 Å². The second-order valence-corrected chi connectivity index (χ2v) is 4.60. The molecule has 0 saturated carbocycles. The van der Waals surface area contributed by atoms with Crippen LogP contribution >= 0.6 is 11.5 Å². The molecular formula is C11H18N2OS. The highest BCUT2D eigenvalue weighted by Gasteiger charge is 2.40. The molecule has 1 aromatic heterocycles. The Balaban J connectivity index is 2.26. The number of morpholine rings is 1. The van der Waals surface area contributed by atoms with Crippen LogP contribution in [0, 0.1) is 0 Å². The summed E-state index contributed by atoms with van der Waals surface area (Å²) in [6.07, 6.45) is 2.05. The standard InChI is InChI=1S/C11H18N2OS/c1-3-11(4-2)10(12-6-7-14-11)9-5-8-15-13-9/h5,8,10,12H,3-4,6-7H2,1-2H3. The third-order valence-corrected chi connectivity index (χ3v) is 3.89. The summed E-state index contributed by atoms with van der Waals surface area (Å²) in [4.78, 5) is 0. The Bertz CT molecular complexity index is 296. The maximum Gasteiger partial charge on any atom is 0.0887 e. The first-order chi connectivity index (χ1) is 7.32. The summed E-state index contributed by atoms with van der Waals surface area (Å²) in [6, 6.07) is 2.35. The van der Waals surface area contributed by atoms with Gasteiger partial charge in [-0.1, -0.05) is 13.8 Å². The van der Waals surface area contributed by atoms with E-state index in [0.29, 0.717) is 0 Å². The van der Waals surface area contributed by atoms with Gasteiger partial charge in [-0.05, 0) is 30.4 Å². The number of aromatic nitrogens is 1. The van der Waals surface area contributed by atoms with Gasteiger partial charge in [-0.15, -0.1) is 0 Å². The molecule has 1 aliphatic heterocycles. The van der Waals surface area contributed by atoms with Gasteiger partial charge in [-0.3, -0.25) is 0 Å². The average molecular weight is 226 g/mol. The van der Waals surface area contributed by atoms with Crippen LogP contribution in [0.25, 0.3) is 0 Å². The minimum absolute atomic E-state index is 0.0632. The second-order valence-electron chi connectivity index (χ2n) is 3.93. The number of hydrogen-bond donors (Lipinski definition) is 1. The maximum absolute atomic E-state index is 6.00. The molecule has 1 aromatic rings. The Kier molecular flexibility index (Phi) is 3.38. The first kappa shape index (κ1) is 11.0. The normalized spacial score (nSPS) is 25.3. The molecule has 1 aliphatic rings. The second kappa shape index (κ2) is 4.60. The zero-order valence-electron chi connectivity index (χ0n) is 9.32. The van der Waals surface area contributed by atoms with Crippen molar-refractivity contribution in [2.24, 2.45) is 0 Å². The van der Waals surface area contributed by atoms with E-state index >= 15 is 0 Å². The number of rotatable bonds is 3. The minimum atomic E-state index is -0.0632. The molecule has 0 aliphatic carbocycles. The van der Waals surface area contributed by atoms with Gasteiger partial charge in [-0.2, -0.15) is 4.37 Å². The summed E-state index contributed by atoms with van der Waals surface area (Å²) < 4.78 is 10.4. The van der Waals surface area contributed by atoms with Gasteiger partial charge in [0.05, 0.1) is 23.9 Å². The van der Waals surface area contributed by atoms with E-state index in [9.17, 15) is 0 Å². The Morgan fingerprint density at radius 1 is 1.60 bits per heavy atom. The van der Waals surface area contributed by atoms with Crippen molar-refractivity contribution in [1.82, 2.24) is 9.69 Å². The van der Waals surface area contributed by atoms with Crippen LogP contribution in [0.1, 0.15) is 38.4 Å². The van der Waals surface area contributed by atoms with E-state index in [1.807, 2.05) is 5.38 Å². The molecule has 0 bridgehead atoms. The van der Waals surface area contributed by atoms with Crippen LogP contribution in [0.15, 0.2) is 11.4 Å². The molecule has 0 spiro atoms. The van der Waals surface area contributed by atoms with Crippen LogP contribution in [0.5, 0.6) is 0 Å². The van der Waals surface area contributed by atoms with Crippen molar-refractivity contribution in [2.45, 2.75) is 38.3 Å². The van der Waals surface area contributed by atoms with Crippen molar-refractivity contribution < 1.29 is 4.74 Å². The predicted molar refractivity (Wildman–Crippen MR) is 62.1 cm³/mol. The molecule has 2 heterocycles. The first-order valence-corrected chi connectivity index (χ1v) is 6.43. The fraction of sp³-hybridized carbons (Fsp3) is 0.727. The van der Waals surface area contributed by atoms with Gasteiger partial charge in [0.25, 0.3) is 0 Å². The van der Waals surface area contributed by atoms with E-state index in [1.54, 1.807) is 0 Å². The van der Waals surface area contributed by atoms with Gasteiger partial charge in [0.1, 0.15) is 0 Å². The van der Waals surface area contributed by atoms with Crippen LogP contribution in [-0.4, -0.2) is 23.1 Å². The topological polar surface area (TPSA) is 34.1 Å². The van der Waals surface area contributed by atoms with E-state index in [-0.39, 0.29) is 11.6 Å². The Labute approximate surface area is 95.0 Å². The summed E-state index contributed by atoms with van der Waals surface area (Å²) in [6.45, 7) is 6.11. The molecule has 0 amide bonds. The zero-order valence-corrected chi connectivity index (χ0v) is 10.1. The number of nitrogens with zero attached hydrogens (tertiary/aromatic N) is 1. The fourth-order valence-electron chi connectivity index (χ4n) is 2.33. The third kappa shape index (κ3) is 1.94. The van der Waals surface area contributed by atoms with Gasteiger partial charge in [-0.25, -0.2) is 0 Å². The van der Waals surface area contributed by atoms with Gasteiger partial charge in [0, 0.05) is 11.9 Å². The Hall–Kier alpha value is -0.450. The fourth-order valence-corrected chi connectivity index (χ4v) is 2.88. The van der Waals surface area contributed by atoms with Crippen LogP contribution < -0.4 is 5.32 Å². The van der Waals surface area contributed by atoms with E-state index in [2.05, 4.69) is 29.6 Å². The highest BCUT2D eigenvalue weighted by atomic mass is 32.1. The minimum Gasteiger partial charge on any atom is -0.372 e. The number of ether oxygens (including phenoxy) is 1. The van der Waals surface area contributed by atoms with Crippen molar-refractivity contribution in [3.05, 3.63) is 17.1 Å². The molecule has 4 heteroatoms. The van der Waals surface area contributed by atoms with Crippen molar-refractivity contribution >= 4 is 11.5 Å². The van der Waals surface area contributed by atoms with Crippen LogP contribution in [0.4, 0.5) is 0 Å². The summed E-state index contributed by atoms with van der Waals surface area (Å²) in [5.41, 5.74) is 1.06. The quantitative estimate of drug-likeness (QED) is 0.859. The molecule has 3 nitrogen and oxygen atoms in total. The highest BCUT2D eigenvalue weighted by Crippen LogP contribution is 2.36. The smallest absolute Gasteiger partial charge is 0.0887 e. The average Bonchev–Trinajstić information content (AvgIpc) is 2.82. The first-order valence-electron chi connectivity index (χ1n) is 5.60. The SMILES string of the molecule is CCC1(CC)OCCNC1c1ccsn1. The number of nitrogens with one attached hydrogen (secondary N) is 1. The Morgan fingerprint density at radius 2 is 2.40 bits per heavy atom. The Morgan fingerprint density at radius 3 is 3.00 bits per heavy atom. The molecule has 1 saturated heterocycles. The molecule has 1 atom stereocenters. The molecule has 1 fully saturated rings. The molecular weight excluding hydrogens is 208 g/mol. The van der Waals surface area contributed by atoms with Crippen molar-refractivity contribution in [1.29, 1.82) is 0 Å². The molecule has 2 rings (SSSR count). The van der Waals surface area contributed by atoms with Gasteiger partial charge in [0.2, 0.25) is 0 Å².